The number of hydrogen-bond acceptors (Lipinski definition) is 20. The number of hydrogen-bond donors (Lipinski definition) is 1. The number of benzene rings is 3. The van der Waals surface area contributed by atoms with Crippen molar-refractivity contribution in [2.75, 3.05) is 20.3 Å². The van der Waals surface area contributed by atoms with E-state index >= 15 is 0 Å². The summed E-state index contributed by atoms with van der Waals surface area (Å²) in [5.74, 6) is -3.88. The second-order valence-corrected chi connectivity index (χ2v) is 22.9. The van der Waals surface area contributed by atoms with Gasteiger partial charge in [-0.05, 0) is 60.4 Å². The zero-order chi connectivity index (χ0) is 60.9. The maximum Gasteiger partial charge on any atom is 0.302 e. The van der Waals surface area contributed by atoms with Gasteiger partial charge in [-0.2, -0.15) is 0 Å². The largest absolute Gasteiger partial charge is 0.463 e. The normalized spacial score (nSPS) is 38.5. The molecule has 85 heavy (non-hydrogen) atoms. The highest BCUT2D eigenvalue weighted by molar-refractivity contribution is 5.66. The minimum Gasteiger partial charge on any atom is -0.463 e. The second kappa shape index (κ2) is 31.0. The molecule has 5 aliphatic rings. The van der Waals surface area contributed by atoms with E-state index in [4.69, 9.17) is 71.1 Å². The maximum atomic E-state index is 12.5. The molecule has 3 aromatic rings. The molecular weight excluding hydrogens is 1100 g/mol. The average molecular weight is 1190 g/mol. The average Bonchev–Trinajstić information content (AvgIpc) is 3.43. The van der Waals surface area contributed by atoms with Gasteiger partial charge in [0.05, 0.1) is 80.7 Å². The van der Waals surface area contributed by atoms with Crippen LogP contribution in [-0.2, 0) is 100 Å². The van der Waals surface area contributed by atoms with Crippen molar-refractivity contribution >= 4 is 11.9 Å². The summed E-state index contributed by atoms with van der Waals surface area (Å²) in [6.45, 7) is 17.4. The minimum absolute atomic E-state index is 0.143. The number of aliphatic hydroxyl groups excluding tert-OH is 1. The SMILES string of the molecule is CO[C@@H]1OC(C)[C@@H](O[C@@H]2OC(COC(C)=O)[C@@H](O[C@@H]3OC(C)[C@@H](O[C@H]4OC(COC(C)=O)[C@@H](O[C@@H]5OC(C)[C@@H](O)[C@@H](OCc6ccccc6)C5C)[C@H](C)C4N=[N+]=[N-])[C@@H](OCc4ccccc4)C3C)[C@H](C)C2N=[N+]=[N-])[C@@H](OCc2ccccc2)C1C. The van der Waals surface area contributed by atoms with Crippen LogP contribution in [0.5, 0.6) is 0 Å². The highest BCUT2D eigenvalue weighted by atomic mass is 16.8. The molecule has 0 aliphatic carbocycles. The van der Waals surface area contributed by atoms with Crippen LogP contribution in [0.1, 0.15) is 85.9 Å². The predicted molar refractivity (Wildman–Crippen MR) is 303 cm³/mol. The number of azide groups is 2. The number of esters is 2. The quantitative estimate of drug-likeness (QED) is 0.0380. The molecule has 5 fully saturated rings. The van der Waals surface area contributed by atoms with Gasteiger partial charge in [0, 0.05) is 48.5 Å². The monoisotopic (exact) mass is 1190 g/mol. The third kappa shape index (κ3) is 16.4. The third-order valence-electron chi connectivity index (χ3n) is 16.8. The fourth-order valence-corrected chi connectivity index (χ4v) is 12.0. The Bertz CT molecular complexity index is 2660. The molecule has 5 aliphatic heterocycles. The molecule has 0 bridgehead atoms. The summed E-state index contributed by atoms with van der Waals surface area (Å²) in [5, 5.41) is 19.8. The van der Waals surface area contributed by atoms with Gasteiger partial charge in [0.15, 0.2) is 31.5 Å². The van der Waals surface area contributed by atoms with Crippen LogP contribution in [0, 0.1) is 29.6 Å². The van der Waals surface area contributed by atoms with Crippen LogP contribution in [0.25, 0.3) is 20.9 Å². The van der Waals surface area contributed by atoms with Gasteiger partial charge in [-0.3, -0.25) is 9.59 Å². The van der Waals surface area contributed by atoms with Crippen molar-refractivity contribution in [3.05, 3.63) is 129 Å². The molecule has 10 unspecified atom stereocenters. The summed E-state index contributed by atoms with van der Waals surface area (Å²) < 4.78 is 97.1. The topological polar surface area (TPSA) is 290 Å². The highest BCUT2D eigenvalue weighted by Crippen LogP contribution is 2.43. The Morgan fingerprint density at radius 3 is 1.18 bits per heavy atom. The van der Waals surface area contributed by atoms with Crippen LogP contribution in [0.15, 0.2) is 101 Å². The lowest BCUT2D eigenvalue weighted by Crippen LogP contribution is -2.63. The van der Waals surface area contributed by atoms with E-state index in [0.717, 1.165) is 16.7 Å². The van der Waals surface area contributed by atoms with Crippen molar-refractivity contribution in [3.63, 3.8) is 0 Å². The van der Waals surface area contributed by atoms with Crippen LogP contribution in [0.2, 0.25) is 0 Å². The lowest BCUT2D eigenvalue weighted by atomic mass is 9.87. The first-order valence-corrected chi connectivity index (χ1v) is 29.3. The molecule has 8 rings (SSSR count). The van der Waals surface area contributed by atoms with Gasteiger partial charge in [0.2, 0.25) is 0 Å². The molecule has 24 nitrogen and oxygen atoms in total. The summed E-state index contributed by atoms with van der Waals surface area (Å²) in [6.07, 6.45) is -15.7. The lowest BCUT2D eigenvalue weighted by molar-refractivity contribution is -0.367. The van der Waals surface area contributed by atoms with E-state index in [2.05, 4.69) is 20.1 Å². The van der Waals surface area contributed by atoms with Crippen molar-refractivity contribution in [1.29, 1.82) is 0 Å². The van der Waals surface area contributed by atoms with E-state index in [1.54, 1.807) is 21.0 Å². The Balaban J connectivity index is 1.04. The van der Waals surface area contributed by atoms with Gasteiger partial charge in [0.1, 0.15) is 43.7 Å². The number of ether oxygens (including phenoxy) is 15. The van der Waals surface area contributed by atoms with Crippen LogP contribution in [-0.4, -0.2) is 160 Å². The molecule has 3 aromatic carbocycles. The predicted octanol–water partition coefficient (Wildman–Crippen LogP) is 8.64. The molecule has 5 saturated heterocycles. The number of nitrogens with zero attached hydrogens (tertiary/aromatic N) is 6. The fraction of sp³-hybridized carbons (Fsp3) is 0.672. The number of carbonyl (C=O) groups is 2. The third-order valence-corrected chi connectivity index (χ3v) is 16.8. The Hall–Kier alpha value is -5.34. The zero-order valence-electron chi connectivity index (χ0n) is 50.2. The smallest absolute Gasteiger partial charge is 0.302 e. The summed E-state index contributed by atoms with van der Waals surface area (Å²) in [4.78, 5) is 31.4. The van der Waals surface area contributed by atoms with E-state index in [9.17, 15) is 25.8 Å². The van der Waals surface area contributed by atoms with Gasteiger partial charge in [0.25, 0.3) is 0 Å². The van der Waals surface area contributed by atoms with Crippen LogP contribution >= 0.6 is 0 Å². The molecule has 0 radical (unpaired) electrons. The van der Waals surface area contributed by atoms with E-state index in [1.165, 1.54) is 13.8 Å². The molecule has 5 heterocycles. The van der Waals surface area contributed by atoms with E-state index < -0.39 is 158 Å². The molecule has 466 valence electrons. The van der Waals surface area contributed by atoms with E-state index in [0.29, 0.717) is 0 Å². The number of methoxy groups -OCH3 is 1. The van der Waals surface area contributed by atoms with Gasteiger partial charge in [-0.15, -0.1) is 0 Å². The lowest BCUT2D eigenvalue weighted by Gasteiger charge is -2.51. The summed E-state index contributed by atoms with van der Waals surface area (Å²) in [7, 11) is 1.57. The molecule has 0 amide bonds. The summed E-state index contributed by atoms with van der Waals surface area (Å²) in [6, 6.07) is 26.9. The first kappa shape index (κ1) is 65.6. The van der Waals surface area contributed by atoms with Crippen molar-refractivity contribution in [3.8, 4) is 0 Å². The van der Waals surface area contributed by atoms with Gasteiger partial charge in [-0.25, -0.2) is 0 Å². The van der Waals surface area contributed by atoms with Crippen LogP contribution in [0.4, 0.5) is 0 Å². The van der Waals surface area contributed by atoms with Crippen molar-refractivity contribution < 1.29 is 85.7 Å². The molecule has 0 spiro atoms. The van der Waals surface area contributed by atoms with Crippen LogP contribution < -0.4 is 0 Å². The Morgan fingerprint density at radius 2 is 0.800 bits per heavy atom. The van der Waals surface area contributed by atoms with Crippen molar-refractivity contribution in [1.82, 2.24) is 0 Å². The minimum atomic E-state index is -1.27. The van der Waals surface area contributed by atoms with Gasteiger partial charge < -0.3 is 76.2 Å². The Labute approximate surface area is 496 Å². The first-order chi connectivity index (χ1) is 40.9. The molecule has 25 atom stereocenters. The van der Waals surface area contributed by atoms with Crippen LogP contribution in [0.3, 0.4) is 0 Å². The Kier molecular flexibility index (Phi) is 24.0. The molecule has 24 heteroatoms. The molecule has 0 aromatic heterocycles. The second-order valence-electron chi connectivity index (χ2n) is 22.9. The first-order valence-electron chi connectivity index (χ1n) is 29.3. The highest BCUT2D eigenvalue weighted by Gasteiger charge is 2.55. The fourth-order valence-electron chi connectivity index (χ4n) is 12.0. The summed E-state index contributed by atoms with van der Waals surface area (Å²) >= 11 is 0. The zero-order valence-corrected chi connectivity index (χ0v) is 50.2. The van der Waals surface area contributed by atoms with Gasteiger partial charge >= 0.3 is 11.9 Å². The number of carbonyl (C=O) groups excluding carboxylic acids is 2. The number of rotatable bonds is 24. The van der Waals surface area contributed by atoms with E-state index in [1.807, 2.05) is 133 Å². The maximum absolute atomic E-state index is 12.5. The Morgan fingerprint density at radius 1 is 0.459 bits per heavy atom. The summed E-state index contributed by atoms with van der Waals surface area (Å²) in [5.41, 5.74) is 23.0. The molecular formula is C61H84N6O18. The van der Waals surface area contributed by atoms with Crippen molar-refractivity contribution in [2.45, 2.75) is 212 Å². The standard InChI is InChI=1S/C61H84N6O18/c1-32-47(64-66-62)61(80-45(30-72-40(9)68)50(32)82-58-34(3)52(49(70)37(6)77-58)74-27-42-21-15-12-16-22-42)85-56-39(8)79-59(36(5)54(56)76-29-44-25-19-14-20-26-44)83-51-33(2)48(65-67-63)60(81-46(51)31-73-41(10)69)84-55-38(7)78-57(71-11)35(4)53(55)75-28-43-23-17-13-18-24-43/h12-26,32-39,45-61,70H,27-31H2,1-11H3/t32-,33-,34?,35?,36?,37?,38?,39?,45?,46?,47?,48?,49-,50+,51+,52+,53+,54+,55-,56-,57-,58+,59+,60+,61-/m1/s1. The van der Waals surface area contributed by atoms with Crippen molar-refractivity contribution in [2.24, 2.45) is 39.8 Å². The molecule has 1 N–H and O–H groups in total. The van der Waals surface area contributed by atoms with E-state index in [-0.39, 0.29) is 39.0 Å². The number of aliphatic hydroxyl groups is 1. The van der Waals surface area contributed by atoms with Gasteiger partial charge in [-0.1, -0.05) is 136 Å². The molecule has 0 saturated carbocycles.